The summed E-state index contributed by atoms with van der Waals surface area (Å²) in [4.78, 5) is 23.7. The Hall–Kier alpha value is -1.63. The average Bonchev–Trinajstić information content (AvgIpc) is 2.79. The fraction of sp³-hybridized carbons (Fsp3) is 0.615. The van der Waals surface area contributed by atoms with Gasteiger partial charge in [-0.3, -0.25) is 9.79 Å². The Kier molecular flexibility index (Phi) is 6.44. The molecular formula is C13H23N5OS. The van der Waals surface area contributed by atoms with Gasteiger partial charge in [-0.25, -0.2) is 4.98 Å². The molecular weight excluding hydrogens is 274 g/mol. The molecule has 1 heterocycles. The van der Waals surface area contributed by atoms with Crippen LogP contribution in [0.1, 0.15) is 17.1 Å². The summed E-state index contributed by atoms with van der Waals surface area (Å²) < 4.78 is 0. The van der Waals surface area contributed by atoms with Gasteiger partial charge in [-0.15, -0.1) is 11.3 Å². The summed E-state index contributed by atoms with van der Waals surface area (Å²) in [5.74, 6) is 0.868. The maximum Gasteiger partial charge on any atom is 0.223 e. The summed E-state index contributed by atoms with van der Waals surface area (Å²) in [7, 11) is 7.21. The molecule has 0 unspecified atom stereocenters. The molecule has 1 aromatic heterocycles. The quantitative estimate of drug-likeness (QED) is 0.649. The number of thiazole rings is 1. The van der Waals surface area contributed by atoms with Crippen LogP contribution in [0.2, 0.25) is 0 Å². The highest BCUT2D eigenvalue weighted by molar-refractivity contribution is 7.09. The molecule has 0 saturated carbocycles. The van der Waals surface area contributed by atoms with Crippen LogP contribution in [-0.2, 0) is 11.3 Å². The highest BCUT2D eigenvalue weighted by Crippen LogP contribution is 2.09. The van der Waals surface area contributed by atoms with E-state index in [9.17, 15) is 4.79 Å². The van der Waals surface area contributed by atoms with Crippen molar-refractivity contribution in [2.24, 2.45) is 4.99 Å². The molecule has 0 radical (unpaired) electrons. The van der Waals surface area contributed by atoms with Crippen molar-refractivity contribution >= 4 is 23.2 Å². The van der Waals surface area contributed by atoms with Crippen molar-refractivity contribution in [2.45, 2.75) is 19.9 Å². The number of aryl methyl sites for hydroxylation is 1. The van der Waals surface area contributed by atoms with Gasteiger partial charge in [0.05, 0.1) is 17.2 Å². The van der Waals surface area contributed by atoms with Gasteiger partial charge in [-0.05, 0) is 6.92 Å². The topological polar surface area (TPSA) is 60.8 Å². The Bertz CT molecular complexity index is 469. The lowest BCUT2D eigenvalue weighted by Crippen LogP contribution is -2.40. The summed E-state index contributed by atoms with van der Waals surface area (Å²) in [5, 5.41) is 6.30. The third-order valence-corrected chi connectivity index (χ3v) is 3.58. The van der Waals surface area contributed by atoms with Crippen LogP contribution in [-0.4, -0.2) is 61.4 Å². The molecule has 0 aromatic carbocycles. The van der Waals surface area contributed by atoms with Gasteiger partial charge in [0.2, 0.25) is 5.91 Å². The molecule has 0 saturated heterocycles. The van der Waals surface area contributed by atoms with E-state index in [4.69, 9.17) is 0 Å². The first kappa shape index (κ1) is 16.4. The van der Waals surface area contributed by atoms with Crippen LogP contribution in [0, 0.1) is 6.92 Å². The first-order valence-electron chi connectivity index (χ1n) is 6.47. The standard InChI is InChI=1S/C13H23N5OS/c1-10-16-11(9-20-10)8-18(5)13(14-2)15-7-6-12(19)17(3)4/h9H,6-8H2,1-5H3,(H,14,15). The van der Waals surface area contributed by atoms with Crippen LogP contribution < -0.4 is 5.32 Å². The second-order valence-corrected chi connectivity index (χ2v) is 5.79. The van der Waals surface area contributed by atoms with E-state index >= 15 is 0 Å². The highest BCUT2D eigenvalue weighted by Gasteiger charge is 2.09. The molecule has 0 atom stereocenters. The zero-order valence-corrected chi connectivity index (χ0v) is 13.6. The fourth-order valence-electron chi connectivity index (χ4n) is 1.69. The summed E-state index contributed by atoms with van der Waals surface area (Å²) >= 11 is 1.64. The predicted octanol–water partition coefficient (Wildman–Crippen LogP) is 0.937. The maximum atomic E-state index is 11.5. The van der Waals surface area contributed by atoms with Gasteiger partial charge in [-0.1, -0.05) is 0 Å². The van der Waals surface area contributed by atoms with Gasteiger partial charge in [0.1, 0.15) is 0 Å². The summed E-state index contributed by atoms with van der Waals surface area (Å²) in [6.45, 7) is 3.27. The van der Waals surface area contributed by atoms with Crippen LogP contribution in [0.3, 0.4) is 0 Å². The van der Waals surface area contributed by atoms with E-state index in [2.05, 4.69) is 20.7 Å². The molecule has 0 spiro atoms. The van der Waals surface area contributed by atoms with Crippen LogP contribution >= 0.6 is 11.3 Å². The van der Waals surface area contributed by atoms with E-state index in [1.807, 2.05) is 18.9 Å². The van der Waals surface area contributed by atoms with Crippen LogP contribution in [0.5, 0.6) is 0 Å². The number of hydrogen-bond acceptors (Lipinski definition) is 4. The number of carbonyl (C=O) groups is 1. The number of nitrogens with one attached hydrogen (secondary N) is 1. The molecule has 7 heteroatoms. The molecule has 0 bridgehead atoms. The van der Waals surface area contributed by atoms with E-state index in [1.165, 1.54) is 0 Å². The molecule has 0 aliphatic heterocycles. The number of amides is 1. The van der Waals surface area contributed by atoms with Crippen molar-refractivity contribution in [1.29, 1.82) is 0 Å². The predicted molar refractivity (Wildman–Crippen MR) is 83.0 cm³/mol. The minimum Gasteiger partial charge on any atom is -0.356 e. The summed E-state index contributed by atoms with van der Waals surface area (Å²) in [6.07, 6.45) is 0.454. The monoisotopic (exact) mass is 297 g/mol. The molecule has 1 rings (SSSR count). The Morgan fingerprint density at radius 3 is 2.65 bits per heavy atom. The summed E-state index contributed by atoms with van der Waals surface area (Å²) in [5.41, 5.74) is 1.03. The van der Waals surface area contributed by atoms with Crippen molar-refractivity contribution in [1.82, 2.24) is 20.1 Å². The first-order valence-corrected chi connectivity index (χ1v) is 7.35. The van der Waals surface area contributed by atoms with E-state index in [1.54, 1.807) is 37.4 Å². The molecule has 6 nitrogen and oxygen atoms in total. The van der Waals surface area contributed by atoms with Gasteiger partial charge in [0, 0.05) is 46.5 Å². The van der Waals surface area contributed by atoms with Gasteiger partial charge >= 0.3 is 0 Å². The maximum absolute atomic E-state index is 11.5. The fourth-order valence-corrected chi connectivity index (χ4v) is 2.29. The van der Waals surface area contributed by atoms with Gasteiger partial charge in [0.25, 0.3) is 0 Å². The third kappa shape index (κ3) is 5.16. The SMILES string of the molecule is CN=C(NCCC(=O)N(C)C)N(C)Cc1csc(C)n1. The molecule has 0 fully saturated rings. The number of aliphatic imine (C=N–C) groups is 1. The van der Waals surface area contributed by atoms with E-state index < -0.39 is 0 Å². The molecule has 1 amide bonds. The van der Waals surface area contributed by atoms with Crippen LogP contribution in [0.25, 0.3) is 0 Å². The van der Waals surface area contributed by atoms with Crippen molar-refractivity contribution in [2.75, 3.05) is 34.7 Å². The Balaban J connectivity index is 2.44. The number of carbonyl (C=O) groups excluding carboxylic acids is 1. The lowest BCUT2D eigenvalue weighted by atomic mass is 10.4. The second kappa shape index (κ2) is 7.84. The second-order valence-electron chi connectivity index (χ2n) is 4.73. The van der Waals surface area contributed by atoms with Crippen molar-refractivity contribution < 1.29 is 4.79 Å². The van der Waals surface area contributed by atoms with E-state index in [0.29, 0.717) is 19.5 Å². The minimum atomic E-state index is 0.103. The van der Waals surface area contributed by atoms with Gasteiger partial charge in [0.15, 0.2) is 5.96 Å². The van der Waals surface area contributed by atoms with Crippen molar-refractivity contribution in [3.8, 4) is 0 Å². The smallest absolute Gasteiger partial charge is 0.223 e. The third-order valence-electron chi connectivity index (χ3n) is 2.76. The number of hydrogen-bond donors (Lipinski definition) is 1. The Morgan fingerprint density at radius 1 is 1.45 bits per heavy atom. The van der Waals surface area contributed by atoms with Crippen LogP contribution in [0.15, 0.2) is 10.4 Å². The van der Waals surface area contributed by atoms with Crippen molar-refractivity contribution in [3.63, 3.8) is 0 Å². The zero-order valence-electron chi connectivity index (χ0n) is 12.8. The molecule has 1 aromatic rings. The molecule has 1 N–H and O–H groups in total. The van der Waals surface area contributed by atoms with E-state index in [0.717, 1.165) is 16.7 Å². The number of aromatic nitrogens is 1. The van der Waals surface area contributed by atoms with Gasteiger partial charge < -0.3 is 15.1 Å². The Labute approximate surface area is 124 Å². The van der Waals surface area contributed by atoms with Gasteiger partial charge in [-0.2, -0.15) is 0 Å². The lowest BCUT2D eigenvalue weighted by molar-refractivity contribution is -0.128. The Morgan fingerprint density at radius 2 is 2.15 bits per heavy atom. The van der Waals surface area contributed by atoms with Crippen molar-refractivity contribution in [3.05, 3.63) is 16.1 Å². The summed E-state index contributed by atoms with van der Waals surface area (Å²) in [6, 6.07) is 0. The highest BCUT2D eigenvalue weighted by atomic mass is 32.1. The normalized spacial score (nSPS) is 11.3. The van der Waals surface area contributed by atoms with E-state index in [-0.39, 0.29) is 5.91 Å². The average molecular weight is 297 g/mol. The zero-order chi connectivity index (χ0) is 15.1. The largest absolute Gasteiger partial charge is 0.356 e. The molecule has 20 heavy (non-hydrogen) atoms. The lowest BCUT2D eigenvalue weighted by Gasteiger charge is -2.21. The first-order chi connectivity index (χ1) is 9.43. The molecule has 0 aliphatic carbocycles. The van der Waals surface area contributed by atoms with Crippen LogP contribution in [0.4, 0.5) is 0 Å². The number of guanidine groups is 1. The minimum absolute atomic E-state index is 0.103. The molecule has 0 aliphatic rings. The molecule has 112 valence electrons. The number of rotatable bonds is 5. The number of nitrogens with zero attached hydrogens (tertiary/aromatic N) is 4.